The molecule has 1 aliphatic heterocycles. The monoisotopic (exact) mass is 496 g/mol. The molecule has 1 aliphatic carbocycles. The Balaban J connectivity index is 1.35. The molecule has 32 heavy (non-hydrogen) atoms. The summed E-state index contributed by atoms with van der Waals surface area (Å²) >= 11 is 3.51. The van der Waals surface area contributed by atoms with E-state index in [1.807, 2.05) is 42.5 Å². The molecule has 5 rings (SSSR count). The van der Waals surface area contributed by atoms with Gasteiger partial charge in [-0.15, -0.1) is 0 Å². The number of anilines is 2. The minimum atomic E-state index is -0.0950. The maximum Gasteiger partial charge on any atom is 0.261 e. The third kappa shape index (κ3) is 4.42. The summed E-state index contributed by atoms with van der Waals surface area (Å²) in [4.78, 5) is 32.9. The zero-order chi connectivity index (χ0) is 22.1. The van der Waals surface area contributed by atoms with Crippen molar-refractivity contribution in [1.29, 1.82) is 0 Å². The number of aryl methyl sites for hydroxylation is 1. The van der Waals surface area contributed by atoms with Crippen LogP contribution in [0.4, 0.5) is 11.4 Å². The molecular formula is C24H25BrN4O3. The fraction of sp³-hybridized carbons (Fsp3) is 0.375. The normalized spacial score (nSPS) is 16.3. The molecule has 0 radical (unpaired) electrons. The van der Waals surface area contributed by atoms with Crippen LogP contribution < -0.4 is 15.8 Å². The summed E-state index contributed by atoms with van der Waals surface area (Å²) in [7, 11) is 0. The van der Waals surface area contributed by atoms with Crippen LogP contribution in [0.1, 0.15) is 31.1 Å². The summed E-state index contributed by atoms with van der Waals surface area (Å²) in [5, 5.41) is 3.70. The first-order chi connectivity index (χ1) is 15.6. The van der Waals surface area contributed by atoms with Gasteiger partial charge in [-0.1, -0.05) is 28.1 Å². The first-order valence-corrected chi connectivity index (χ1v) is 11.8. The van der Waals surface area contributed by atoms with Crippen molar-refractivity contribution in [1.82, 2.24) is 9.55 Å². The van der Waals surface area contributed by atoms with Gasteiger partial charge in [-0.3, -0.25) is 14.2 Å². The molecule has 0 bridgehead atoms. The number of carbonyl (C=O) groups excluding carboxylic acids is 1. The minimum Gasteiger partial charge on any atom is -0.378 e. The molecule has 0 spiro atoms. The fourth-order valence-corrected chi connectivity index (χ4v) is 4.57. The van der Waals surface area contributed by atoms with Crippen LogP contribution >= 0.6 is 15.9 Å². The maximum absolute atomic E-state index is 13.0. The Morgan fingerprint density at radius 3 is 2.72 bits per heavy atom. The minimum absolute atomic E-state index is 0.00454. The van der Waals surface area contributed by atoms with Crippen LogP contribution in [-0.4, -0.2) is 41.8 Å². The van der Waals surface area contributed by atoms with E-state index in [1.54, 1.807) is 4.57 Å². The Bertz CT molecular complexity index is 1220. The molecule has 1 saturated heterocycles. The van der Waals surface area contributed by atoms with Gasteiger partial charge < -0.3 is 15.0 Å². The zero-order valence-corrected chi connectivity index (χ0v) is 19.3. The van der Waals surface area contributed by atoms with E-state index in [0.717, 1.165) is 41.8 Å². The van der Waals surface area contributed by atoms with Crippen molar-refractivity contribution in [3.8, 4) is 0 Å². The summed E-state index contributed by atoms with van der Waals surface area (Å²) in [6.45, 7) is 2.93. The molecule has 2 aliphatic rings. The third-order valence-electron chi connectivity index (χ3n) is 5.95. The van der Waals surface area contributed by atoms with E-state index in [0.29, 0.717) is 36.4 Å². The highest BCUT2D eigenvalue weighted by atomic mass is 79.9. The second kappa shape index (κ2) is 9.03. The largest absolute Gasteiger partial charge is 0.378 e. The predicted molar refractivity (Wildman–Crippen MR) is 128 cm³/mol. The average Bonchev–Trinajstić information content (AvgIpc) is 3.64. The number of nitrogens with zero attached hydrogens (tertiary/aromatic N) is 3. The van der Waals surface area contributed by atoms with Crippen LogP contribution in [0.15, 0.2) is 51.7 Å². The molecule has 8 heteroatoms. The standard InChI is InChI=1S/C24H25BrN4O3/c25-16-5-8-21(28-11-13-32-14-12-28)20(15-16)27-23(30)10-9-22-26-19-4-2-1-3-18(19)24(31)29(22)17-6-7-17/h1-5,8,15,17H,6-7,9-14H2,(H,27,30). The fourth-order valence-electron chi connectivity index (χ4n) is 4.20. The molecule has 166 valence electrons. The second-order valence-corrected chi connectivity index (χ2v) is 9.18. The van der Waals surface area contributed by atoms with Crippen LogP contribution in [-0.2, 0) is 16.0 Å². The number of hydrogen-bond acceptors (Lipinski definition) is 5. The molecular weight excluding hydrogens is 472 g/mol. The van der Waals surface area contributed by atoms with Gasteiger partial charge in [-0.05, 0) is 43.2 Å². The van der Waals surface area contributed by atoms with E-state index in [2.05, 4.69) is 26.1 Å². The van der Waals surface area contributed by atoms with Gasteiger partial charge >= 0.3 is 0 Å². The number of morpholine rings is 1. The molecule has 2 aromatic carbocycles. The van der Waals surface area contributed by atoms with Crippen molar-refractivity contribution in [2.45, 2.75) is 31.7 Å². The lowest BCUT2D eigenvalue weighted by Gasteiger charge is -2.30. The zero-order valence-electron chi connectivity index (χ0n) is 17.7. The maximum atomic E-state index is 13.0. The van der Waals surface area contributed by atoms with E-state index >= 15 is 0 Å². The first-order valence-electron chi connectivity index (χ1n) is 11.0. The number of hydrogen-bond donors (Lipinski definition) is 1. The Morgan fingerprint density at radius 1 is 1.16 bits per heavy atom. The summed E-state index contributed by atoms with van der Waals surface area (Å²) < 4.78 is 8.16. The van der Waals surface area contributed by atoms with E-state index < -0.39 is 0 Å². The van der Waals surface area contributed by atoms with Crippen LogP contribution in [0, 0.1) is 0 Å². The van der Waals surface area contributed by atoms with Crippen molar-refractivity contribution in [2.75, 3.05) is 36.5 Å². The van der Waals surface area contributed by atoms with Gasteiger partial charge in [0.05, 0.1) is 35.5 Å². The molecule has 1 aromatic heterocycles. The van der Waals surface area contributed by atoms with Crippen LogP contribution in [0.5, 0.6) is 0 Å². The first kappa shape index (κ1) is 21.2. The molecule has 2 heterocycles. The van der Waals surface area contributed by atoms with Crippen molar-refractivity contribution in [3.05, 3.63) is 63.1 Å². The van der Waals surface area contributed by atoms with Crippen molar-refractivity contribution >= 4 is 44.1 Å². The van der Waals surface area contributed by atoms with Gasteiger partial charge in [-0.2, -0.15) is 0 Å². The molecule has 0 unspecified atom stereocenters. The van der Waals surface area contributed by atoms with Crippen molar-refractivity contribution in [2.24, 2.45) is 0 Å². The van der Waals surface area contributed by atoms with E-state index in [-0.39, 0.29) is 23.9 Å². The van der Waals surface area contributed by atoms with Crippen LogP contribution in [0.2, 0.25) is 0 Å². The summed E-state index contributed by atoms with van der Waals surface area (Å²) in [6.07, 6.45) is 2.65. The number of amides is 1. The van der Waals surface area contributed by atoms with Gasteiger partial charge in [0, 0.05) is 36.4 Å². The molecule has 1 N–H and O–H groups in total. The Morgan fingerprint density at radius 2 is 1.94 bits per heavy atom. The Hall–Kier alpha value is -2.71. The van der Waals surface area contributed by atoms with Crippen molar-refractivity contribution in [3.63, 3.8) is 0 Å². The summed E-state index contributed by atoms with van der Waals surface area (Å²) in [6, 6.07) is 13.5. The number of ether oxygens (including phenoxy) is 1. The number of halogens is 1. The van der Waals surface area contributed by atoms with Gasteiger partial charge in [0.1, 0.15) is 5.82 Å². The van der Waals surface area contributed by atoms with Gasteiger partial charge in [0.2, 0.25) is 5.91 Å². The number of fused-ring (bicyclic) bond motifs is 1. The van der Waals surface area contributed by atoms with E-state index in [1.165, 1.54) is 0 Å². The van der Waals surface area contributed by atoms with Gasteiger partial charge in [-0.25, -0.2) is 4.98 Å². The predicted octanol–water partition coefficient (Wildman–Crippen LogP) is 3.90. The SMILES string of the molecule is O=C(CCc1nc2ccccc2c(=O)n1C1CC1)Nc1cc(Br)ccc1N1CCOCC1. The van der Waals surface area contributed by atoms with Crippen LogP contribution in [0.3, 0.4) is 0 Å². The number of para-hydroxylation sites is 1. The smallest absolute Gasteiger partial charge is 0.261 e. The quantitative estimate of drug-likeness (QED) is 0.559. The number of nitrogens with one attached hydrogen (secondary N) is 1. The molecule has 0 atom stereocenters. The van der Waals surface area contributed by atoms with Gasteiger partial charge in [0.15, 0.2) is 0 Å². The molecule has 1 amide bonds. The number of carbonyl (C=O) groups is 1. The van der Waals surface area contributed by atoms with E-state index in [4.69, 9.17) is 9.72 Å². The molecule has 2 fully saturated rings. The third-order valence-corrected chi connectivity index (χ3v) is 6.45. The summed E-state index contributed by atoms with van der Waals surface area (Å²) in [5.41, 5.74) is 2.45. The topological polar surface area (TPSA) is 76.5 Å². The highest BCUT2D eigenvalue weighted by Gasteiger charge is 2.28. The van der Waals surface area contributed by atoms with Crippen molar-refractivity contribution < 1.29 is 9.53 Å². The summed E-state index contributed by atoms with van der Waals surface area (Å²) in [5.74, 6) is 0.594. The highest BCUT2D eigenvalue weighted by Crippen LogP contribution is 2.35. The molecule has 7 nitrogen and oxygen atoms in total. The molecule has 1 saturated carbocycles. The number of benzene rings is 2. The average molecular weight is 497 g/mol. The lowest BCUT2D eigenvalue weighted by Crippen LogP contribution is -2.36. The van der Waals surface area contributed by atoms with E-state index in [9.17, 15) is 9.59 Å². The van der Waals surface area contributed by atoms with Gasteiger partial charge in [0.25, 0.3) is 5.56 Å². The Kier molecular flexibility index (Phi) is 5.97. The lowest BCUT2D eigenvalue weighted by molar-refractivity contribution is -0.116. The number of aromatic nitrogens is 2. The molecule has 3 aromatic rings. The number of rotatable bonds is 6. The van der Waals surface area contributed by atoms with Crippen LogP contribution in [0.25, 0.3) is 10.9 Å². The lowest BCUT2D eigenvalue weighted by atomic mass is 10.2. The Labute approximate surface area is 194 Å². The second-order valence-electron chi connectivity index (χ2n) is 8.26. The highest BCUT2D eigenvalue weighted by molar-refractivity contribution is 9.10.